The fourth-order valence-electron chi connectivity index (χ4n) is 2.61. The van der Waals surface area contributed by atoms with Crippen LogP contribution in [0.25, 0.3) is 0 Å². The van der Waals surface area contributed by atoms with E-state index in [1.807, 2.05) is 0 Å². The molecule has 1 aromatic heterocycles. The highest BCUT2D eigenvalue weighted by atomic mass is 19.4. The Kier molecular flexibility index (Phi) is 4.48. The maximum Gasteiger partial charge on any atom is 0.391 e. The number of esters is 1. The third-order valence-electron chi connectivity index (χ3n) is 4.00. The van der Waals surface area contributed by atoms with E-state index in [2.05, 4.69) is 4.98 Å². The molecule has 1 aliphatic rings. The van der Waals surface area contributed by atoms with E-state index in [1.54, 1.807) is 11.8 Å². The lowest BCUT2D eigenvalue weighted by molar-refractivity contribution is -0.179. The Hall–Kier alpha value is -1.99. The fraction of sp³-hybridized carbons (Fsp3) is 0.571. The van der Waals surface area contributed by atoms with Crippen LogP contribution in [-0.4, -0.2) is 37.3 Å². The molecular weight excluding hydrogens is 299 g/mol. The Morgan fingerprint density at radius 3 is 2.50 bits per heavy atom. The lowest BCUT2D eigenvalue weighted by Crippen LogP contribution is -2.40. The summed E-state index contributed by atoms with van der Waals surface area (Å²) >= 11 is 0. The predicted molar refractivity (Wildman–Crippen MR) is 75.7 cm³/mol. The number of carbonyl (C=O) groups excluding carboxylic acids is 1. The van der Waals surface area contributed by atoms with Gasteiger partial charge < -0.3 is 15.4 Å². The number of nitrogens with zero attached hydrogens (tertiary/aromatic N) is 2. The summed E-state index contributed by atoms with van der Waals surface area (Å²) in [6.45, 7) is 2.03. The summed E-state index contributed by atoms with van der Waals surface area (Å²) in [7, 11) is 1.24. The zero-order valence-electron chi connectivity index (χ0n) is 12.4. The van der Waals surface area contributed by atoms with Crippen molar-refractivity contribution in [2.45, 2.75) is 25.9 Å². The molecule has 122 valence electrons. The Balaban J connectivity index is 2.27. The number of ether oxygens (including phenoxy) is 1. The van der Waals surface area contributed by atoms with Gasteiger partial charge in [0.2, 0.25) is 0 Å². The Labute approximate surface area is 126 Å². The summed E-state index contributed by atoms with van der Waals surface area (Å²) in [6.07, 6.45) is -2.81. The van der Waals surface area contributed by atoms with Crippen LogP contribution in [0.5, 0.6) is 0 Å². The molecule has 0 aliphatic carbocycles. The van der Waals surface area contributed by atoms with Gasteiger partial charge in [0, 0.05) is 13.1 Å². The zero-order chi connectivity index (χ0) is 16.5. The average molecular weight is 317 g/mol. The van der Waals surface area contributed by atoms with Crippen molar-refractivity contribution in [2.24, 2.45) is 5.92 Å². The summed E-state index contributed by atoms with van der Waals surface area (Å²) < 4.78 is 42.9. The largest absolute Gasteiger partial charge is 0.465 e. The van der Waals surface area contributed by atoms with Crippen LogP contribution in [0.3, 0.4) is 0 Å². The van der Waals surface area contributed by atoms with Crippen molar-refractivity contribution < 1.29 is 22.7 Å². The molecule has 5 nitrogen and oxygen atoms in total. The zero-order valence-corrected chi connectivity index (χ0v) is 12.4. The lowest BCUT2D eigenvalue weighted by atomic mass is 9.95. The first-order valence-electron chi connectivity index (χ1n) is 6.90. The van der Waals surface area contributed by atoms with Gasteiger partial charge in [-0.15, -0.1) is 0 Å². The van der Waals surface area contributed by atoms with E-state index in [4.69, 9.17) is 10.5 Å². The van der Waals surface area contributed by atoms with Crippen molar-refractivity contribution in [1.82, 2.24) is 4.98 Å². The first kappa shape index (κ1) is 16.4. The van der Waals surface area contributed by atoms with E-state index in [0.29, 0.717) is 17.1 Å². The van der Waals surface area contributed by atoms with Crippen LogP contribution in [0.15, 0.2) is 6.20 Å². The normalized spacial score (nSPS) is 16.7. The molecule has 0 aromatic carbocycles. The highest BCUT2D eigenvalue weighted by Crippen LogP contribution is 2.36. The smallest absolute Gasteiger partial charge is 0.391 e. The number of alkyl halides is 3. The van der Waals surface area contributed by atoms with E-state index in [0.717, 1.165) is 0 Å². The van der Waals surface area contributed by atoms with Gasteiger partial charge in [-0.05, 0) is 25.3 Å². The molecule has 0 atom stereocenters. The van der Waals surface area contributed by atoms with Crippen molar-refractivity contribution in [3.63, 3.8) is 0 Å². The molecule has 2 N–H and O–H groups in total. The molecule has 0 spiro atoms. The van der Waals surface area contributed by atoms with E-state index in [-0.39, 0.29) is 31.5 Å². The van der Waals surface area contributed by atoms with Gasteiger partial charge in [0.1, 0.15) is 11.4 Å². The van der Waals surface area contributed by atoms with Gasteiger partial charge in [-0.3, -0.25) is 0 Å². The third kappa shape index (κ3) is 3.10. The number of nitrogens with two attached hydrogens (primary N) is 1. The molecule has 1 aromatic rings. The first-order valence-corrected chi connectivity index (χ1v) is 6.90. The van der Waals surface area contributed by atoms with Gasteiger partial charge in [0.05, 0.1) is 24.9 Å². The predicted octanol–water partition coefficient (Wildman–Crippen LogP) is 2.54. The van der Waals surface area contributed by atoms with Gasteiger partial charge >= 0.3 is 12.1 Å². The fourth-order valence-corrected chi connectivity index (χ4v) is 2.61. The second kappa shape index (κ2) is 6.02. The topological polar surface area (TPSA) is 68.5 Å². The number of hydrogen-bond donors (Lipinski definition) is 1. The van der Waals surface area contributed by atoms with Crippen LogP contribution >= 0.6 is 0 Å². The average Bonchev–Trinajstić information content (AvgIpc) is 2.48. The summed E-state index contributed by atoms with van der Waals surface area (Å²) in [6, 6.07) is 0. The van der Waals surface area contributed by atoms with Crippen molar-refractivity contribution in [3.05, 3.63) is 17.3 Å². The van der Waals surface area contributed by atoms with E-state index in [1.165, 1.54) is 13.3 Å². The van der Waals surface area contributed by atoms with E-state index >= 15 is 0 Å². The number of nitrogen functional groups attached to an aromatic ring is 1. The molecule has 0 unspecified atom stereocenters. The molecule has 22 heavy (non-hydrogen) atoms. The van der Waals surface area contributed by atoms with Crippen molar-refractivity contribution in [3.8, 4) is 0 Å². The Morgan fingerprint density at radius 1 is 1.41 bits per heavy atom. The number of pyridine rings is 1. The number of halogens is 3. The number of methoxy groups -OCH3 is 1. The standard InChI is InChI=1S/C14H18F3N3O2/c1-8-10(18)7-19-12(11(8)13(21)22-2)20-5-3-9(4-6-20)14(15,16)17/h7,9H,3-6,18H2,1-2H3. The quantitative estimate of drug-likeness (QED) is 0.849. The van der Waals surface area contributed by atoms with Gasteiger partial charge in [0.15, 0.2) is 0 Å². The summed E-state index contributed by atoms with van der Waals surface area (Å²) in [5, 5.41) is 0. The van der Waals surface area contributed by atoms with Gasteiger partial charge in [-0.25, -0.2) is 9.78 Å². The number of aromatic nitrogens is 1. The van der Waals surface area contributed by atoms with Crippen molar-refractivity contribution in [2.75, 3.05) is 30.8 Å². The molecule has 1 saturated heterocycles. The minimum Gasteiger partial charge on any atom is -0.465 e. The molecule has 0 amide bonds. The van der Waals surface area contributed by atoms with Crippen LogP contribution in [0.4, 0.5) is 24.7 Å². The van der Waals surface area contributed by atoms with Crippen LogP contribution in [0.1, 0.15) is 28.8 Å². The molecule has 8 heteroatoms. The second-order valence-corrected chi connectivity index (χ2v) is 5.33. The van der Waals surface area contributed by atoms with Crippen molar-refractivity contribution >= 4 is 17.5 Å². The Morgan fingerprint density at radius 2 is 2.00 bits per heavy atom. The first-order chi connectivity index (χ1) is 10.3. The molecule has 0 saturated carbocycles. The van der Waals surface area contributed by atoms with Crippen molar-refractivity contribution in [1.29, 1.82) is 0 Å². The monoisotopic (exact) mass is 317 g/mol. The molecule has 2 heterocycles. The van der Waals surface area contributed by atoms with Gasteiger partial charge in [0.25, 0.3) is 0 Å². The maximum absolute atomic E-state index is 12.7. The van der Waals surface area contributed by atoms with E-state index in [9.17, 15) is 18.0 Å². The maximum atomic E-state index is 12.7. The summed E-state index contributed by atoms with van der Waals surface area (Å²) in [5.41, 5.74) is 6.83. The van der Waals surface area contributed by atoms with Crippen LogP contribution in [0.2, 0.25) is 0 Å². The molecule has 1 aliphatic heterocycles. The highest BCUT2D eigenvalue weighted by molar-refractivity contribution is 5.97. The molecular formula is C14H18F3N3O2. The number of rotatable bonds is 2. The minimum absolute atomic E-state index is 0.0186. The van der Waals surface area contributed by atoms with Gasteiger partial charge in [-0.1, -0.05) is 0 Å². The third-order valence-corrected chi connectivity index (χ3v) is 4.00. The Bertz CT molecular complexity index is 567. The van der Waals surface area contributed by atoms with E-state index < -0.39 is 18.1 Å². The number of piperidine rings is 1. The van der Waals surface area contributed by atoms with Crippen LogP contribution in [-0.2, 0) is 4.74 Å². The minimum atomic E-state index is -4.18. The second-order valence-electron chi connectivity index (χ2n) is 5.33. The number of carbonyl (C=O) groups is 1. The number of hydrogen-bond acceptors (Lipinski definition) is 5. The molecule has 0 radical (unpaired) electrons. The SMILES string of the molecule is COC(=O)c1c(N2CCC(C(F)(F)F)CC2)ncc(N)c1C. The lowest BCUT2D eigenvalue weighted by Gasteiger charge is -2.34. The number of anilines is 2. The molecule has 0 bridgehead atoms. The molecule has 1 fully saturated rings. The highest BCUT2D eigenvalue weighted by Gasteiger charge is 2.41. The molecule has 2 rings (SSSR count). The van der Waals surface area contributed by atoms with Gasteiger partial charge in [-0.2, -0.15) is 13.2 Å². The van der Waals surface area contributed by atoms with Crippen LogP contribution < -0.4 is 10.6 Å². The summed E-state index contributed by atoms with van der Waals surface area (Å²) in [4.78, 5) is 17.8. The summed E-state index contributed by atoms with van der Waals surface area (Å²) in [5.74, 6) is -1.57. The van der Waals surface area contributed by atoms with Crippen LogP contribution in [0, 0.1) is 12.8 Å².